The number of ether oxygens (including phenoxy) is 1. The number of hydrogen-bond donors (Lipinski definition) is 2. The summed E-state index contributed by atoms with van der Waals surface area (Å²) in [6, 6.07) is 0.334. The van der Waals surface area contributed by atoms with Crippen LogP contribution in [-0.4, -0.2) is 61.4 Å². The van der Waals surface area contributed by atoms with E-state index in [0.29, 0.717) is 32.0 Å². The number of likely N-dealkylation sites (N-methyl/N-ethyl adjacent to an activating group) is 2. The first-order valence-corrected chi connectivity index (χ1v) is 6.23. The van der Waals surface area contributed by atoms with Gasteiger partial charge in [-0.05, 0) is 32.9 Å². The maximum atomic E-state index is 11.4. The van der Waals surface area contributed by atoms with Crippen molar-refractivity contribution in [1.82, 2.24) is 10.2 Å². The molecule has 1 aliphatic carbocycles. The Balaban J connectivity index is 2.56. The molecule has 2 N–H and O–H groups in total. The van der Waals surface area contributed by atoms with E-state index in [-0.39, 0.29) is 0 Å². The minimum absolute atomic E-state index is 0.334. The lowest BCUT2D eigenvalue weighted by molar-refractivity contribution is -0.144. The van der Waals surface area contributed by atoms with Crippen molar-refractivity contribution in [3.8, 4) is 0 Å². The zero-order chi connectivity index (χ0) is 12.9. The van der Waals surface area contributed by atoms with Crippen LogP contribution in [0.3, 0.4) is 0 Å². The molecule has 1 aliphatic rings. The Bertz CT molecular complexity index is 260. The predicted octanol–water partition coefficient (Wildman–Crippen LogP) is 0.550. The van der Waals surface area contributed by atoms with Crippen LogP contribution in [-0.2, 0) is 9.53 Å². The van der Waals surface area contributed by atoms with Gasteiger partial charge in [-0.3, -0.25) is 4.79 Å². The highest BCUT2D eigenvalue weighted by Crippen LogP contribution is 2.32. The van der Waals surface area contributed by atoms with Gasteiger partial charge in [-0.15, -0.1) is 0 Å². The maximum Gasteiger partial charge on any atom is 0.323 e. The van der Waals surface area contributed by atoms with Crippen molar-refractivity contribution in [3.05, 3.63) is 0 Å². The van der Waals surface area contributed by atoms with Gasteiger partial charge in [0.2, 0.25) is 0 Å². The van der Waals surface area contributed by atoms with Crippen LogP contribution < -0.4 is 5.32 Å². The zero-order valence-electron chi connectivity index (χ0n) is 11.0. The van der Waals surface area contributed by atoms with Crippen molar-refractivity contribution in [1.29, 1.82) is 0 Å². The fraction of sp³-hybridized carbons (Fsp3) is 0.917. The fourth-order valence-corrected chi connectivity index (χ4v) is 2.58. The molecule has 2 atom stereocenters. The van der Waals surface area contributed by atoms with Crippen molar-refractivity contribution < 1.29 is 14.6 Å². The SMILES string of the molecule is CCNC1(C(=O)O)CCC(N(C)CCOC)C1. The molecule has 5 heteroatoms. The highest BCUT2D eigenvalue weighted by atomic mass is 16.5. The summed E-state index contributed by atoms with van der Waals surface area (Å²) in [7, 11) is 3.72. The molecule has 2 unspecified atom stereocenters. The first-order chi connectivity index (χ1) is 8.05. The summed E-state index contributed by atoms with van der Waals surface area (Å²) in [5.74, 6) is -0.720. The van der Waals surface area contributed by atoms with E-state index in [1.165, 1.54) is 0 Å². The Kier molecular flexibility index (Phi) is 5.36. The van der Waals surface area contributed by atoms with Gasteiger partial charge in [-0.1, -0.05) is 6.92 Å². The van der Waals surface area contributed by atoms with Crippen LogP contribution in [0.15, 0.2) is 0 Å². The number of methoxy groups -OCH3 is 1. The highest BCUT2D eigenvalue weighted by molar-refractivity contribution is 5.79. The second-order valence-electron chi connectivity index (χ2n) is 4.79. The van der Waals surface area contributed by atoms with Crippen LogP contribution in [0.5, 0.6) is 0 Å². The van der Waals surface area contributed by atoms with Crippen LogP contribution >= 0.6 is 0 Å². The van der Waals surface area contributed by atoms with Gasteiger partial charge in [0.1, 0.15) is 5.54 Å². The maximum absolute atomic E-state index is 11.4. The van der Waals surface area contributed by atoms with E-state index >= 15 is 0 Å². The summed E-state index contributed by atoms with van der Waals surface area (Å²) in [6.45, 7) is 4.19. The summed E-state index contributed by atoms with van der Waals surface area (Å²) in [5, 5.41) is 12.5. The minimum atomic E-state index is -0.721. The molecule has 0 aromatic rings. The number of carboxylic acid groups (broad SMARTS) is 1. The topological polar surface area (TPSA) is 61.8 Å². The minimum Gasteiger partial charge on any atom is -0.480 e. The number of aliphatic carboxylic acids is 1. The molecule has 1 rings (SSSR count). The molecule has 1 fully saturated rings. The lowest BCUT2D eigenvalue weighted by atomic mass is 9.97. The number of carbonyl (C=O) groups is 1. The molecule has 0 saturated heterocycles. The summed E-state index contributed by atoms with van der Waals surface area (Å²) in [6.07, 6.45) is 2.31. The Morgan fingerprint density at radius 2 is 2.35 bits per heavy atom. The highest BCUT2D eigenvalue weighted by Gasteiger charge is 2.45. The molecule has 0 spiro atoms. The molecule has 0 bridgehead atoms. The van der Waals surface area contributed by atoms with Crippen molar-refractivity contribution in [2.75, 3.05) is 33.9 Å². The van der Waals surface area contributed by atoms with Crippen molar-refractivity contribution >= 4 is 5.97 Å². The van der Waals surface area contributed by atoms with E-state index in [1.54, 1.807) is 7.11 Å². The smallest absolute Gasteiger partial charge is 0.323 e. The lowest BCUT2D eigenvalue weighted by Crippen LogP contribution is -2.51. The monoisotopic (exact) mass is 244 g/mol. The van der Waals surface area contributed by atoms with E-state index in [1.807, 2.05) is 14.0 Å². The summed E-state index contributed by atoms with van der Waals surface area (Å²) < 4.78 is 5.05. The Hall–Kier alpha value is -0.650. The van der Waals surface area contributed by atoms with Gasteiger partial charge >= 0.3 is 5.97 Å². The number of nitrogens with one attached hydrogen (secondary N) is 1. The van der Waals surface area contributed by atoms with Crippen LogP contribution in [0.1, 0.15) is 26.2 Å². The first kappa shape index (κ1) is 14.4. The largest absolute Gasteiger partial charge is 0.480 e. The van der Waals surface area contributed by atoms with Gasteiger partial charge in [0, 0.05) is 19.7 Å². The molecule has 1 saturated carbocycles. The number of nitrogens with zero attached hydrogens (tertiary/aromatic N) is 1. The van der Waals surface area contributed by atoms with E-state index < -0.39 is 11.5 Å². The molecule has 0 aromatic carbocycles. The molecule has 0 heterocycles. The molecule has 0 aliphatic heterocycles. The van der Waals surface area contributed by atoms with Crippen molar-refractivity contribution in [2.45, 2.75) is 37.8 Å². The van der Waals surface area contributed by atoms with E-state index in [4.69, 9.17) is 4.74 Å². The lowest BCUT2D eigenvalue weighted by Gasteiger charge is -2.28. The number of hydrogen-bond acceptors (Lipinski definition) is 4. The van der Waals surface area contributed by atoms with E-state index in [2.05, 4.69) is 10.2 Å². The molecule has 100 valence electrons. The molecule has 17 heavy (non-hydrogen) atoms. The summed E-state index contributed by atoms with van der Waals surface area (Å²) in [5.41, 5.74) is -0.721. The number of rotatable bonds is 7. The molecule has 0 amide bonds. The van der Waals surface area contributed by atoms with Crippen LogP contribution in [0.2, 0.25) is 0 Å². The summed E-state index contributed by atoms with van der Waals surface area (Å²) in [4.78, 5) is 13.6. The quantitative estimate of drug-likeness (QED) is 0.685. The van der Waals surface area contributed by atoms with Crippen molar-refractivity contribution in [3.63, 3.8) is 0 Å². The molecule has 0 aromatic heterocycles. The number of carboxylic acids is 1. The molecular weight excluding hydrogens is 220 g/mol. The average molecular weight is 244 g/mol. The molecular formula is C12H24N2O3. The molecule has 0 radical (unpaired) electrons. The first-order valence-electron chi connectivity index (χ1n) is 6.23. The molecule has 5 nitrogen and oxygen atoms in total. The normalized spacial score (nSPS) is 28.8. The Morgan fingerprint density at radius 3 is 2.88 bits per heavy atom. The van der Waals surface area contributed by atoms with E-state index in [9.17, 15) is 9.90 Å². The Labute approximate surface area is 103 Å². The average Bonchev–Trinajstić information content (AvgIpc) is 2.72. The third-order valence-corrected chi connectivity index (χ3v) is 3.68. The van der Waals surface area contributed by atoms with Gasteiger partial charge in [0.25, 0.3) is 0 Å². The second-order valence-corrected chi connectivity index (χ2v) is 4.79. The van der Waals surface area contributed by atoms with Gasteiger partial charge in [-0.2, -0.15) is 0 Å². The van der Waals surface area contributed by atoms with Gasteiger partial charge in [0.15, 0.2) is 0 Å². The second kappa shape index (κ2) is 6.33. The standard InChI is InChI=1S/C12H24N2O3/c1-4-13-12(11(15)16)6-5-10(9-12)14(2)7-8-17-3/h10,13H,4-9H2,1-3H3,(H,15,16). The van der Waals surface area contributed by atoms with Gasteiger partial charge in [0.05, 0.1) is 6.61 Å². The van der Waals surface area contributed by atoms with E-state index in [0.717, 1.165) is 13.0 Å². The summed E-state index contributed by atoms with van der Waals surface area (Å²) >= 11 is 0. The third-order valence-electron chi connectivity index (χ3n) is 3.68. The van der Waals surface area contributed by atoms with Crippen LogP contribution in [0, 0.1) is 0 Å². The van der Waals surface area contributed by atoms with Crippen LogP contribution in [0.25, 0.3) is 0 Å². The third kappa shape index (κ3) is 3.40. The zero-order valence-corrected chi connectivity index (χ0v) is 11.0. The Morgan fingerprint density at radius 1 is 1.65 bits per heavy atom. The van der Waals surface area contributed by atoms with Crippen molar-refractivity contribution in [2.24, 2.45) is 0 Å². The fourth-order valence-electron chi connectivity index (χ4n) is 2.58. The van der Waals surface area contributed by atoms with Gasteiger partial charge in [-0.25, -0.2) is 0 Å². The van der Waals surface area contributed by atoms with Crippen LogP contribution in [0.4, 0.5) is 0 Å². The van der Waals surface area contributed by atoms with Gasteiger partial charge < -0.3 is 20.1 Å². The predicted molar refractivity (Wildman–Crippen MR) is 66.2 cm³/mol.